The first kappa shape index (κ1) is 22.9. The SMILES string of the molecule is CCCCC(=O)Nc1cncc(-c2ccc3[nH]nc(-c4nc5c(-c6ccc(F)s6)ccnc5[nH]4)c3n2)c1. The van der Waals surface area contributed by atoms with Gasteiger partial charge in [0, 0.05) is 34.8 Å². The molecular formula is C26H21FN8OS. The molecule has 11 heteroatoms. The predicted molar refractivity (Wildman–Crippen MR) is 141 cm³/mol. The summed E-state index contributed by atoms with van der Waals surface area (Å²) in [7, 11) is 0. The number of amides is 1. The van der Waals surface area contributed by atoms with Crippen LogP contribution < -0.4 is 5.32 Å². The van der Waals surface area contributed by atoms with Gasteiger partial charge in [-0.2, -0.15) is 9.49 Å². The van der Waals surface area contributed by atoms with Gasteiger partial charge in [-0.15, -0.1) is 11.3 Å². The van der Waals surface area contributed by atoms with Crippen LogP contribution in [0, 0.1) is 5.13 Å². The zero-order valence-electron chi connectivity index (χ0n) is 19.7. The van der Waals surface area contributed by atoms with Crippen LogP contribution >= 0.6 is 11.3 Å². The molecule has 37 heavy (non-hydrogen) atoms. The molecule has 6 aromatic rings. The number of hydrogen-bond acceptors (Lipinski definition) is 7. The smallest absolute Gasteiger partial charge is 0.224 e. The van der Waals surface area contributed by atoms with Gasteiger partial charge in [0.05, 0.1) is 23.1 Å². The highest BCUT2D eigenvalue weighted by Crippen LogP contribution is 2.34. The molecule has 0 saturated carbocycles. The normalized spacial score (nSPS) is 11.4. The number of H-pyrrole nitrogens is 2. The second kappa shape index (κ2) is 9.51. The second-order valence-corrected chi connectivity index (χ2v) is 9.56. The molecule has 3 N–H and O–H groups in total. The molecule has 184 valence electrons. The summed E-state index contributed by atoms with van der Waals surface area (Å²) in [6.07, 6.45) is 7.25. The molecule has 6 aromatic heterocycles. The summed E-state index contributed by atoms with van der Waals surface area (Å²) >= 11 is 1.06. The topological polar surface area (TPSA) is 125 Å². The van der Waals surface area contributed by atoms with Gasteiger partial charge in [0.1, 0.15) is 11.0 Å². The van der Waals surface area contributed by atoms with Crippen LogP contribution in [0.1, 0.15) is 26.2 Å². The van der Waals surface area contributed by atoms with E-state index in [2.05, 4.69) is 30.5 Å². The Bertz CT molecular complexity index is 1750. The van der Waals surface area contributed by atoms with Crippen molar-refractivity contribution < 1.29 is 9.18 Å². The van der Waals surface area contributed by atoms with E-state index in [0.29, 0.717) is 46.0 Å². The van der Waals surface area contributed by atoms with Crippen molar-refractivity contribution in [2.24, 2.45) is 0 Å². The molecular weight excluding hydrogens is 491 g/mol. The fourth-order valence-corrected chi connectivity index (χ4v) is 4.87. The first-order valence-electron chi connectivity index (χ1n) is 11.8. The average molecular weight is 513 g/mol. The van der Waals surface area contributed by atoms with E-state index in [1.165, 1.54) is 6.07 Å². The largest absolute Gasteiger partial charge is 0.325 e. The minimum atomic E-state index is -0.259. The summed E-state index contributed by atoms with van der Waals surface area (Å²) in [5.74, 6) is 0.461. The molecule has 0 aliphatic heterocycles. The third-order valence-corrected chi connectivity index (χ3v) is 6.84. The van der Waals surface area contributed by atoms with Gasteiger partial charge < -0.3 is 10.3 Å². The molecule has 1 amide bonds. The number of aromatic nitrogens is 7. The molecule has 0 fully saturated rings. The maximum atomic E-state index is 13.7. The van der Waals surface area contributed by atoms with Gasteiger partial charge in [0.25, 0.3) is 0 Å². The molecule has 0 unspecified atom stereocenters. The van der Waals surface area contributed by atoms with Crippen molar-refractivity contribution in [3.05, 3.63) is 60.1 Å². The number of carbonyl (C=O) groups is 1. The van der Waals surface area contributed by atoms with Crippen LogP contribution in [0.4, 0.5) is 10.1 Å². The number of unbranched alkanes of at least 4 members (excludes halogenated alkanes) is 1. The van der Waals surface area contributed by atoms with Crippen molar-refractivity contribution in [3.8, 4) is 33.2 Å². The van der Waals surface area contributed by atoms with E-state index in [9.17, 15) is 9.18 Å². The second-order valence-electron chi connectivity index (χ2n) is 8.52. The predicted octanol–water partition coefficient (Wildman–Crippen LogP) is 5.95. The van der Waals surface area contributed by atoms with Crippen LogP contribution in [0.3, 0.4) is 0 Å². The standard InChI is InChI=1S/C26H21FN8OS/c1-2-3-4-21(36)30-15-11-14(12-28-13-15)17-5-6-18-23(31-17)24(35-34-18)26-32-22-16(9-10-29-25(22)33-26)19-7-8-20(27)37-19/h5-13H,2-4H2,1H3,(H,30,36)(H,34,35)(H,29,32,33). The number of pyridine rings is 3. The van der Waals surface area contributed by atoms with Crippen LogP contribution in [0.5, 0.6) is 0 Å². The number of nitrogens with zero attached hydrogens (tertiary/aromatic N) is 5. The van der Waals surface area contributed by atoms with Gasteiger partial charge in [-0.05, 0) is 42.8 Å². The van der Waals surface area contributed by atoms with Crippen LogP contribution in [-0.2, 0) is 4.79 Å². The fourth-order valence-electron chi connectivity index (χ4n) is 4.11. The summed E-state index contributed by atoms with van der Waals surface area (Å²) < 4.78 is 13.7. The lowest BCUT2D eigenvalue weighted by atomic mass is 10.1. The summed E-state index contributed by atoms with van der Waals surface area (Å²) in [6.45, 7) is 2.05. The average Bonchev–Trinajstić information content (AvgIpc) is 3.64. The first-order valence-corrected chi connectivity index (χ1v) is 12.6. The van der Waals surface area contributed by atoms with Crippen LogP contribution in [0.15, 0.2) is 55.0 Å². The van der Waals surface area contributed by atoms with Gasteiger partial charge in [0.15, 0.2) is 22.3 Å². The number of thiophene rings is 1. The van der Waals surface area contributed by atoms with Gasteiger partial charge >= 0.3 is 0 Å². The number of halogens is 1. The number of anilines is 1. The van der Waals surface area contributed by atoms with E-state index < -0.39 is 0 Å². The maximum Gasteiger partial charge on any atom is 0.224 e. The minimum absolute atomic E-state index is 0.0375. The molecule has 9 nitrogen and oxygen atoms in total. The van der Waals surface area contributed by atoms with Crippen molar-refractivity contribution in [2.75, 3.05) is 5.32 Å². The highest BCUT2D eigenvalue weighted by molar-refractivity contribution is 7.14. The van der Waals surface area contributed by atoms with Crippen LogP contribution in [-0.4, -0.2) is 41.0 Å². The number of nitrogens with one attached hydrogen (secondary N) is 3. The Morgan fingerprint density at radius 3 is 2.86 bits per heavy atom. The molecule has 0 saturated heterocycles. The highest BCUT2D eigenvalue weighted by atomic mass is 32.1. The number of carbonyl (C=O) groups excluding carboxylic acids is 1. The Kier molecular flexibility index (Phi) is 5.89. The number of imidazole rings is 1. The zero-order chi connectivity index (χ0) is 25.4. The van der Waals surface area contributed by atoms with E-state index in [1.807, 2.05) is 31.2 Å². The lowest BCUT2D eigenvalue weighted by Gasteiger charge is -2.07. The van der Waals surface area contributed by atoms with E-state index in [4.69, 9.17) is 9.97 Å². The molecule has 0 spiro atoms. The zero-order valence-corrected chi connectivity index (χ0v) is 20.6. The maximum absolute atomic E-state index is 13.7. The molecule has 0 aliphatic carbocycles. The minimum Gasteiger partial charge on any atom is -0.325 e. The third kappa shape index (κ3) is 4.45. The number of aromatic amines is 2. The lowest BCUT2D eigenvalue weighted by molar-refractivity contribution is -0.116. The summed E-state index contributed by atoms with van der Waals surface area (Å²) in [6, 6.07) is 10.6. The van der Waals surface area contributed by atoms with Gasteiger partial charge in [-0.25, -0.2) is 15.0 Å². The van der Waals surface area contributed by atoms with Gasteiger partial charge in [-0.3, -0.25) is 14.9 Å². The summed E-state index contributed by atoms with van der Waals surface area (Å²) in [5, 5.41) is 10.1. The van der Waals surface area contributed by atoms with E-state index in [-0.39, 0.29) is 11.0 Å². The van der Waals surface area contributed by atoms with E-state index in [0.717, 1.165) is 45.7 Å². The van der Waals surface area contributed by atoms with Crippen LogP contribution in [0.25, 0.3) is 55.4 Å². The van der Waals surface area contributed by atoms with Crippen molar-refractivity contribution in [1.29, 1.82) is 0 Å². The number of fused-ring (bicyclic) bond motifs is 2. The van der Waals surface area contributed by atoms with Gasteiger partial charge in [0.2, 0.25) is 5.91 Å². The van der Waals surface area contributed by atoms with Crippen molar-refractivity contribution in [2.45, 2.75) is 26.2 Å². The molecule has 6 heterocycles. The fraction of sp³-hybridized carbons (Fsp3) is 0.154. The van der Waals surface area contributed by atoms with Crippen molar-refractivity contribution in [3.63, 3.8) is 0 Å². The Morgan fingerprint density at radius 2 is 2.03 bits per heavy atom. The summed E-state index contributed by atoms with van der Waals surface area (Å²) in [5.41, 5.74) is 5.95. The molecule has 6 rings (SSSR count). The molecule has 0 aromatic carbocycles. The van der Waals surface area contributed by atoms with E-state index in [1.54, 1.807) is 24.7 Å². The first-order chi connectivity index (χ1) is 18.1. The van der Waals surface area contributed by atoms with Crippen molar-refractivity contribution >= 4 is 45.1 Å². The Morgan fingerprint density at radius 1 is 1.11 bits per heavy atom. The molecule has 0 aliphatic rings. The van der Waals surface area contributed by atoms with Gasteiger partial charge in [-0.1, -0.05) is 13.3 Å². The Balaban J connectivity index is 1.37. The lowest BCUT2D eigenvalue weighted by Crippen LogP contribution is -2.11. The summed E-state index contributed by atoms with van der Waals surface area (Å²) in [4.78, 5) is 34.4. The van der Waals surface area contributed by atoms with Crippen LogP contribution in [0.2, 0.25) is 0 Å². The monoisotopic (exact) mass is 512 g/mol. The Hall–Kier alpha value is -4.51. The third-order valence-electron chi connectivity index (χ3n) is 5.93. The van der Waals surface area contributed by atoms with E-state index >= 15 is 0 Å². The van der Waals surface area contributed by atoms with Crippen molar-refractivity contribution in [1.82, 2.24) is 35.1 Å². The molecule has 0 atom stereocenters. The number of rotatable bonds is 7. The Labute approximate surface area is 214 Å². The molecule has 0 radical (unpaired) electrons. The quantitative estimate of drug-likeness (QED) is 0.243. The highest BCUT2D eigenvalue weighted by Gasteiger charge is 2.18. The number of hydrogen-bond donors (Lipinski definition) is 3. The molecule has 0 bridgehead atoms.